The second-order valence-electron chi connectivity index (χ2n) is 5.55. The molecule has 0 heterocycles. The summed E-state index contributed by atoms with van der Waals surface area (Å²) in [5.74, 6) is -0.947. The quantitative estimate of drug-likeness (QED) is 0.181. The van der Waals surface area contributed by atoms with Crippen molar-refractivity contribution in [2.75, 3.05) is 11.9 Å². The van der Waals surface area contributed by atoms with Crippen molar-refractivity contribution >= 4 is 24.0 Å². The number of anilines is 1. The lowest BCUT2D eigenvalue weighted by Crippen LogP contribution is -2.48. The van der Waals surface area contributed by atoms with Crippen molar-refractivity contribution in [1.82, 2.24) is 10.6 Å². The molecule has 0 saturated carbocycles. The van der Waals surface area contributed by atoms with Gasteiger partial charge in [0.05, 0.1) is 18.7 Å². The number of unbranched alkanes of at least 4 members (excludes halogenated alkanes) is 1. The van der Waals surface area contributed by atoms with Crippen LogP contribution < -0.4 is 27.4 Å². The van der Waals surface area contributed by atoms with E-state index in [1.54, 1.807) is 24.3 Å². The zero-order valence-electron chi connectivity index (χ0n) is 13.9. The molecule has 1 aromatic rings. The van der Waals surface area contributed by atoms with Crippen LogP contribution in [0.15, 0.2) is 24.3 Å². The third kappa shape index (κ3) is 7.64. The van der Waals surface area contributed by atoms with Gasteiger partial charge in [-0.05, 0) is 30.5 Å². The molecule has 0 radical (unpaired) electrons. The minimum Gasteiger partial charge on any atom is -0.392 e. The smallest absolute Gasteiger partial charge is 0.312 e. The molecule has 0 aliphatic carbocycles. The number of benzene rings is 1. The van der Waals surface area contributed by atoms with Gasteiger partial charge < -0.3 is 32.5 Å². The highest BCUT2D eigenvalue weighted by molar-refractivity contribution is 5.93. The molecule has 0 fully saturated rings. The molecule has 1 rings (SSSR count). The lowest BCUT2D eigenvalue weighted by Gasteiger charge is -2.22. The summed E-state index contributed by atoms with van der Waals surface area (Å²) >= 11 is 0. The van der Waals surface area contributed by atoms with Crippen LogP contribution in [0.2, 0.25) is 0 Å². The van der Waals surface area contributed by atoms with E-state index in [0.717, 1.165) is 5.56 Å². The van der Waals surface area contributed by atoms with Gasteiger partial charge in [0, 0.05) is 12.2 Å². The summed E-state index contributed by atoms with van der Waals surface area (Å²) in [7, 11) is 0. The first kappa shape index (κ1) is 20.4. The molecular weight excluding hydrogens is 326 g/mol. The van der Waals surface area contributed by atoms with E-state index in [2.05, 4.69) is 16.0 Å². The molecule has 8 N–H and O–H groups in total. The van der Waals surface area contributed by atoms with Crippen LogP contribution in [0, 0.1) is 5.92 Å². The van der Waals surface area contributed by atoms with E-state index in [9.17, 15) is 14.4 Å². The summed E-state index contributed by atoms with van der Waals surface area (Å²) in [5.41, 5.74) is 12.1. The van der Waals surface area contributed by atoms with Crippen LogP contribution in [-0.4, -0.2) is 36.2 Å². The van der Waals surface area contributed by atoms with Gasteiger partial charge >= 0.3 is 6.03 Å². The standard InChI is InChI=1S/C16H25N5O4/c17-14(20-10-23)13(3-1-2-8-19-16(18)25)15(24)21-12-6-4-11(9-22)5-7-12/h4-7,10,13-14,22H,1-3,8-9,17H2,(H,20,23)(H,21,24)(H3,18,19,25). The Bertz CT molecular complexity index is 564. The normalized spacial score (nSPS) is 12.7. The molecule has 138 valence electrons. The number of nitrogens with one attached hydrogen (secondary N) is 3. The lowest BCUT2D eigenvalue weighted by molar-refractivity contribution is -0.121. The van der Waals surface area contributed by atoms with Crippen LogP contribution in [0.25, 0.3) is 0 Å². The zero-order chi connectivity index (χ0) is 18.7. The van der Waals surface area contributed by atoms with Crippen molar-refractivity contribution in [3.8, 4) is 0 Å². The van der Waals surface area contributed by atoms with Crippen LogP contribution in [0.4, 0.5) is 10.5 Å². The van der Waals surface area contributed by atoms with E-state index in [4.69, 9.17) is 16.6 Å². The maximum absolute atomic E-state index is 12.5. The number of carbonyl (C=O) groups excluding carboxylic acids is 3. The summed E-state index contributed by atoms with van der Waals surface area (Å²) in [4.78, 5) is 33.7. The Kier molecular flexibility index (Phi) is 8.97. The SMILES string of the molecule is NC(=O)NCCCCC(C(=O)Nc1ccc(CO)cc1)C(N)NC=O. The van der Waals surface area contributed by atoms with Gasteiger partial charge in [-0.15, -0.1) is 0 Å². The number of hydrogen-bond donors (Lipinski definition) is 6. The van der Waals surface area contributed by atoms with Gasteiger partial charge in [-0.2, -0.15) is 0 Å². The topological polar surface area (TPSA) is 160 Å². The molecule has 2 atom stereocenters. The zero-order valence-corrected chi connectivity index (χ0v) is 13.9. The molecule has 4 amide bonds. The number of aliphatic hydroxyl groups excluding tert-OH is 1. The number of primary amides is 1. The minimum atomic E-state index is -0.821. The van der Waals surface area contributed by atoms with Crippen molar-refractivity contribution in [2.24, 2.45) is 17.4 Å². The maximum Gasteiger partial charge on any atom is 0.312 e. The molecule has 0 aromatic heterocycles. The summed E-state index contributed by atoms with van der Waals surface area (Å²) in [6.07, 6.45) is 1.32. The fourth-order valence-corrected chi connectivity index (χ4v) is 2.30. The molecule has 0 spiro atoms. The van der Waals surface area contributed by atoms with Crippen molar-refractivity contribution in [3.05, 3.63) is 29.8 Å². The van der Waals surface area contributed by atoms with Gasteiger partial charge in [0.15, 0.2) is 0 Å². The van der Waals surface area contributed by atoms with Crippen LogP contribution in [0.3, 0.4) is 0 Å². The number of hydrogen-bond acceptors (Lipinski definition) is 5. The fraction of sp³-hybridized carbons (Fsp3) is 0.438. The Hall–Kier alpha value is -2.65. The third-order valence-electron chi connectivity index (χ3n) is 3.68. The minimum absolute atomic E-state index is 0.0790. The van der Waals surface area contributed by atoms with Gasteiger partial charge in [0.2, 0.25) is 12.3 Å². The fourth-order valence-electron chi connectivity index (χ4n) is 2.30. The summed E-state index contributed by atoms with van der Waals surface area (Å²) < 4.78 is 0. The molecule has 0 aliphatic heterocycles. The number of rotatable bonds is 11. The van der Waals surface area contributed by atoms with Gasteiger partial charge in [-0.25, -0.2) is 4.79 Å². The van der Waals surface area contributed by atoms with Gasteiger partial charge in [0.25, 0.3) is 0 Å². The molecule has 0 aliphatic rings. The number of urea groups is 1. The van der Waals surface area contributed by atoms with Crippen LogP contribution in [0.5, 0.6) is 0 Å². The molecule has 2 unspecified atom stereocenters. The highest BCUT2D eigenvalue weighted by Gasteiger charge is 2.25. The Morgan fingerprint density at radius 3 is 2.44 bits per heavy atom. The number of nitrogens with two attached hydrogens (primary N) is 2. The molecule has 9 heteroatoms. The summed E-state index contributed by atoms with van der Waals surface area (Å²) in [6.45, 7) is 0.326. The van der Waals surface area contributed by atoms with Gasteiger partial charge in [-0.1, -0.05) is 18.6 Å². The number of aliphatic hydroxyl groups is 1. The van der Waals surface area contributed by atoms with E-state index in [1.165, 1.54) is 0 Å². The van der Waals surface area contributed by atoms with Crippen LogP contribution in [-0.2, 0) is 16.2 Å². The van der Waals surface area contributed by atoms with Crippen molar-refractivity contribution in [1.29, 1.82) is 0 Å². The Labute approximate surface area is 146 Å². The molecule has 25 heavy (non-hydrogen) atoms. The molecule has 1 aromatic carbocycles. The van der Waals surface area contributed by atoms with E-state index < -0.39 is 18.1 Å². The highest BCUT2D eigenvalue weighted by Crippen LogP contribution is 2.16. The average Bonchev–Trinajstić information content (AvgIpc) is 2.58. The van der Waals surface area contributed by atoms with Crippen molar-refractivity contribution < 1.29 is 19.5 Å². The van der Waals surface area contributed by atoms with Gasteiger partial charge in [-0.3, -0.25) is 9.59 Å². The maximum atomic E-state index is 12.5. The average molecular weight is 351 g/mol. The molecule has 0 bridgehead atoms. The predicted molar refractivity (Wildman–Crippen MR) is 93.1 cm³/mol. The first-order valence-electron chi connectivity index (χ1n) is 7.97. The third-order valence-corrected chi connectivity index (χ3v) is 3.68. The molecular formula is C16H25N5O4. The van der Waals surface area contributed by atoms with Gasteiger partial charge in [0.1, 0.15) is 0 Å². The molecule has 9 nitrogen and oxygen atoms in total. The predicted octanol–water partition coefficient (Wildman–Crippen LogP) is -0.397. The van der Waals surface area contributed by atoms with E-state index in [-0.39, 0.29) is 12.5 Å². The van der Waals surface area contributed by atoms with E-state index in [1.807, 2.05) is 0 Å². The number of carbonyl (C=O) groups is 3. The monoisotopic (exact) mass is 351 g/mol. The van der Waals surface area contributed by atoms with Crippen molar-refractivity contribution in [3.63, 3.8) is 0 Å². The molecule has 0 saturated heterocycles. The van der Waals surface area contributed by atoms with Crippen LogP contribution in [0.1, 0.15) is 24.8 Å². The summed E-state index contributed by atoms with van der Waals surface area (Å²) in [6, 6.07) is 6.15. The van der Waals surface area contributed by atoms with Crippen molar-refractivity contribution in [2.45, 2.75) is 32.0 Å². The highest BCUT2D eigenvalue weighted by atomic mass is 16.3. The Morgan fingerprint density at radius 2 is 1.88 bits per heavy atom. The van der Waals surface area contributed by atoms with Crippen LogP contribution >= 0.6 is 0 Å². The Morgan fingerprint density at radius 1 is 1.20 bits per heavy atom. The summed E-state index contributed by atoms with van der Waals surface area (Å²) in [5, 5.41) is 16.6. The second kappa shape index (κ2) is 11.0. The largest absolute Gasteiger partial charge is 0.392 e. The lowest BCUT2D eigenvalue weighted by atomic mass is 9.97. The van der Waals surface area contributed by atoms with E-state index >= 15 is 0 Å². The number of amides is 4. The first-order valence-corrected chi connectivity index (χ1v) is 7.97. The Balaban J connectivity index is 2.61. The second-order valence-corrected chi connectivity index (χ2v) is 5.55. The first-order chi connectivity index (χ1) is 12.0. The van der Waals surface area contributed by atoms with E-state index in [0.29, 0.717) is 37.9 Å².